The van der Waals surface area contributed by atoms with Gasteiger partial charge in [-0.3, -0.25) is 0 Å². The van der Waals surface area contributed by atoms with Gasteiger partial charge in [-0.05, 0) is 48.7 Å². The van der Waals surface area contributed by atoms with Gasteiger partial charge in [0.1, 0.15) is 5.82 Å². The van der Waals surface area contributed by atoms with Crippen LogP contribution in [0.15, 0.2) is 103 Å². The van der Waals surface area contributed by atoms with Crippen molar-refractivity contribution in [2.45, 2.75) is 39.4 Å². The zero-order chi connectivity index (χ0) is 26.1. The summed E-state index contributed by atoms with van der Waals surface area (Å²) in [5.41, 5.74) is 7.42. The molecule has 1 aliphatic heterocycles. The van der Waals surface area contributed by atoms with Crippen LogP contribution in [0, 0.1) is 6.92 Å². The highest BCUT2D eigenvalue weighted by Crippen LogP contribution is 2.38. The van der Waals surface area contributed by atoms with Crippen molar-refractivity contribution in [3.8, 4) is 11.5 Å². The van der Waals surface area contributed by atoms with Crippen molar-refractivity contribution in [1.82, 2.24) is 24.6 Å². The lowest BCUT2D eigenvalue weighted by atomic mass is 10.0. The molecule has 2 aromatic heterocycles. The van der Waals surface area contributed by atoms with Crippen LogP contribution in [0.2, 0.25) is 0 Å². The van der Waals surface area contributed by atoms with Gasteiger partial charge in [0.25, 0.3) is 0 Å². The summed E-state index contributed by atoms with van der Waals surface area (Å²) in [7, 11) is 0. The van der Waals surface area contributed by atoms with E-state index in [9.17, 15) is 4.79 Å². The number of aromatic nitrogens is 3. The molecule has 0 spiro atoms. The molecule has 2 amide bonds. The van der Waals surface area contributed by atoms with Gasteiger partial charge in [0.15, 0.2) is 0 Å². The molecule has 0 unspecified atom stereocenters. The van der Waals surface area contributed by atoms with Gasteiger partial charge >= 0.3 is 6.03 Å². The average molecular weight is 502 g/mol. The Kier molecular flexibility index (Phi) is 6.30. The quantitative estimate of drug-likeness (QED) is 0.305. The zero-order valence-electron chi connectivity index (χ0n) is 21.7. The summed E-state index contributed by atoms with van der Waals surface area (Å²) in [6, 6.07) is 32.6. The topological polar surface area (TPSA) is 55.1 Å². The number of urea groups is 1. The van der Waals surface area contributed by atoms with Crippen molar-refractivity contribution in [3.63, 3.8) is 0 Å². The fraction of sp³-hybridized carbons (Fsp3) is 0.188. The molecule has 6 nitrogen and oxygen atoms in total. The molecule has 0 aliphatic carbocycles. The minimum Gasteiger partial charge on any atom is -0.334 e. The largest absolute Gasteiger partial charge is 0.334 e. The van der Waals surface area contributed by atoms with E-state index in [-0.39, 0.29) is 12.1 Å². The number of amides is 2. The molecule has 0 fully saturated rings. The van der Waals surface area contributed by atoms with Gasteiger partial charge in [0.05, 0.1) is 29.7 Å². The van der Waals surface area contributed by atoms with Gasteiger partial charge in [-0.15, -0.1) is 0 Å². The molecule has 1 N–H and O–H groups in total. The summed E-state index contributed by atoms with van der Waals surface area (Å²) in [5, 5.41) is 8.22. The summed E-state index contributed by atoms with van der Waals surface area (Å²) in [6.45, 7) is 5.12. The molecule has 1 atom stereocenters. The van der Waals surface area contributed by atoms with Crippen LogP contribution in [0.3, 0.4) is 0 Å². The van der Waals surface area contributed by atoms with Gasteiger partial charge in [-0.25, -0.2) is 9.48 Å². The third kappa shape index (κ3) is 4.28. The molecule has 6 heteroatoms. The number of nitrogens with one attached hydrogen (secondary N) is 1. The predicted molar refractivity (Wildman–Crippen MR) is 150 cm³/mol. The third-order valence-corrected chi connectivity index (χ3v) is 7.24. The SMILES string of the molecule is CCc1nn(-c2ccccc2)c2c1CN(C(=O)NCc1ccccc1)[C@@H](c1ccc(C)cc1)c1cccn1-2. The molecular weight excluding hydrogens is 470 g/mol. The van der Waals surface area contributed by atoms with E-state index in [0.717, 1.165) is 46.0 Å². The minimum absolute atomic E-state index is 0.102. The molecule has 3 heterocycles. The summed E-state index contributed by atoms with van der Waals surface area (Å²) >= 11 is 0. The second-order valence-electron chi connectivity index (χ2n) is 9.74. The Labute approximate surface area is 223 Å². The first kappa shape index (κ1) is 23.8. The van der Waals surface area contributed by atoms with Crippen LogP contribution in [0.4, 0.5) is 4.79 Å². The highest BCUT2D eigenvalue weighted by molar-refractivity contribution is 5.76. The molecule has 3 aromatic carbocycles. The van der Waals surface area contributed by atoms with E-state index in [1.807, 2.05) is 58.1 Å². The van der Waals surface area contributed by atoms with Crippen LogP contribution >= 0.6 is 0 Å². The fourth-order valence-corrected chi connectivity index (χ4v) is 5.32. The monoisotopic (exact) mass is 501 g/mol. The van der Waals surface area contributed by atoms with Crippen molar-refractivity contribution in [2.24, 2.45) is 0 Å². The molecule has 5 aromatic rings. The zero-order valence-corrected chi connectivity index (χ0v) is 21.7. The van der Waals surface area contributed by atoms with Gasteiger partial charge in [0, 0.05) is 18.3 Å². The van der Waals surface area contributed by atoms with Crippen LogP contribution in [0.1, 0.15) is 46.6 Å². The van der Waals surface area contributed by atoms with Crippen LogP contribution in [0.25, 0.3) is 11.5 Å². The fourth-order valence-electron chi connectivity index (χ4n) is 5.32. The predicted octanol–water partition coefficient (Wildman–Crippen LogP) is 6.35. The number of para-hydroxylation sites is 1. The van der Waals surface area contributed by atoms with Crippen molar-refractivity contribution >= 4 is 6.03 Å². The van der Waals surface area contributed by atoms with E-state index >= 15 is 0 Å². The maximum Gasteiger partial charge on any atom is 0.318 e. The summed E-state index contributed by atoms with van der Waals surface area (Å²) in [5.74, 6) is 0.989. The minimum atomic E-state index is -0.261. The normalized spacial score (nSPS) is 14.5. The molecule has 0 saturated carbocycles. The van der Waals surface area contributed by atoms with E-state index in [1.165, 1.54) is 5.56 Å². The van der Waals surface area contributed by atoms with E-state index in [2.05, 4.69) is 78.5 Å². The smallest absolute Gasteiger partial charge is 0.318 e. The third-order valence-electron chi connectivity index (χ3n) is 7.24. The molecule has 1 aliphatic rings. The standard InChI is InChI=1S/C32H31N5O/c1-3-28-27-22-36(32(38)33-21-24-11-6-4-7-12-24)30(25-18-16-23(2)17-19-25)29-15-10-20-35(29)31(27)37(34-28)26-13-8-5-9-14-26/h4-20,30H,3,21-22H2,1-2H3,(H,33,38)/t30-/m0/s1. The van der Waals surface area contributed by atoms with Gasteiger partial charge in [-0.2, -0.15) is 5.10 Å². The molecular formula is C32H31N5O. The summed E-state index contributed by atoms with van der Waals surface area (Å²) in [4.78, 5) is 15.9. The van der Waals surface area contributed by atoms with Crippen LogP contribution in [-0.4, -0.2) is 25.3 Å². The van der Waals surface area contributed by atoms with Crippen molar-refractivity contribution in [3.05, 3.63) is 137 Å². The van der Waals surface area contributed by atoms with E-state index < -0.39 is 0 Å². The van der Waals surface area contributed by atoms with E-state index in [4.69, 9.17) is 5.10 Å². The Balaban J connectivity index is 1.50. The number of benzene rings is 3. The number of fused-ring (bicyclic) bond motifs is 3. The van der Waals surface area contributed by atoms with Gasteiger partial charge in [0.2, 0.25) is 0 Å². The Bertz CT molecular complexity index is 1550. The Morgan fingerprint density at radius 2 is 1.63 bits per heavy atom. The second-order valence-corrected chi connectivity index (χ2v) is 9.74. The average Bonchev–Trinajstić information content (AvgIpc) is 3.54. The number of nitrogens with zero attached hydrogens (tertiary/aromatic N) is 4. The lowest BCUT2D eigenvalue weighted by Crippen LogP contribution is -2.41. The van der Waals surface area contributed by atoms with Crippen molar-refractivity contribution in [2.75, 3.05) is 0 Å². The Morgan fingerprint density at radius 1 is 0.921 bits per heavy atom. The second kappa shape index (κ2) is 10.1. The first-order valence-electron chi connectivity index (χ1n) is 13.1. The molecule has 6 rings (SSSR count). The number of carbonyl (C=O) groups is 1. The lowest BCUT2D eigenvalue weighted by molar-refractivity contribution is 0.180. The molecule has 190 valence electrons. The lowest BCUT2D eigenvalue weighted by Gasteiger charge is -2.31. The Morgan fingerprint density at radius 3 is 2.34 bits per heavy atom. The van der Waals surface area contributed by atoms with Gasteiger partial charge < -0.3 is 14.8 Å². The summed E-state index contributed by atoms with van der Waals surface area (Å²) < 4.78 is 4.23. The number of carbonyl (C=O) groups excluding carboxylic acids is 1. The first-order chi connectivity index (χ1) is 18.6. The Hall–Kier alpha value is -4.58. The highest BCUT2D eigenvalue weighted by atomic mass is 16.2. The van der Waals surface area contributed by atoms with Crippen LogP contribution in [0.5, 0.6) is 0 Å². The van der Waals surface area contributed by atoms with E-state index in [0.29, 0.717) is 13.1 Å². The van der Waals surface area contributed by atoms with Gasteiger partial charge in [-0.1, -0.05) is 85.3 Å². The molecule has 0 saturated heterocycles. The maximum absolute atomic E-state index is 14.0. The molecule has 0 radical (unpaired) electrons. The number of hydrogen-bond acceptors (Lipinski definition) is 2. The number of aryl methyl sites for hydroxylation is 2. The van der Waals surface area contributed by atoms with Crippen molar-refractivity contribution < 1.29 is 4.79 Å². The number of hydrogen-bond donors (Lipinski definition) is 1. The van der Waals surface area contributed by atoms with Crippen LogP contribution in [-0.2, 0) is 19.5 Å². The molecule has 38 heavy (non-hydrogen) atoms. The summed E-state index contributed by atoms with van der Waals surface area (Å²) in [6.07, 6.45) is 2.86. The first-order valence-corrected chi connectivity index (χ1v) is 13.1. The maximum atomic E-state index is 14.0. The van der Waals surface area contributed by atoms with Crippen LogP contribution < -0.4 is 5.32 Å². The highest BCUT2D eigenvalue weighted by Gasteiger charge is 2.36. The number of rotatable bonds is 5. The van der Waals surface area contributed by atoms with E-state index in [1.54, 1.807) is 0 Å². The molecule has 0 bridgehead atoms. The van der Waals surface area contributed by atoms with Crippen molar-refractivity contribution in [1.29, 1.82) is 0 Å².